The summed E-state index contributed by atoms with van der Waals surface area (Å²) in [5.74, 6) is 0. The van der Waals surface area contributed by atoms with Crippen LogP contribution in [0.2, 0.25) is 0 Å². The van der Waals surface area contributed by atoms with Gasteiger partial charge in [-0.05, 0) is 11.1 Å². The Kier molecular flexibility index (Phi) is 8.19. The summed E-state index contributed by atoms with van der Waals surface area (Å²) in [5.41, 5.74) is 2.47. The largest absolute Gasteiger partial charge is 1.00 e. The number of benzene rings is 2. The summed E-state index contributed by atoms with van der Waals surface area (Å²) < 4.78 is 0. The second-order valence-electron chi connectivity index (χ2n) is 3.15. The van der Waals surface area contributed by atoms with Gasteiger partial charge in [0.25, 0.3) is 0 Å². The first-order valence-corrected chi connectivity index (χ1v) is 4.73. The van der Waals surface area contributed by atoms with Crippen molar-refractivity contribution in [1.29, 1.82) is 0 Å². The van der Waals surface area contributed by atoms with Gasteiger partial charge in [0.05, 0.1) is 0 Å². The fourth-order valence-corrected chi connectivity index (χ4v) is 1.32. The SMILES string of the molecule is C(=C\c1ccccc1)/c1ccccc1.[H-].[H-].[Li+].[Li+]. The summed E-state index contributed by atoms with van der Waals surface area (Å²) in [6, 6.07) is 20.6. The minimum Gasteiger partial charge on any atom is -1.00 e. The summed E-state index contributed by atoms with van der Waals surface area (Å²) in [6.45, 7) is 0. The molecule has 0 N–H and O–H groups in total. The van der Waals surface area contributed by atoms with Crippen LogP contribution in [-0.4, -0.2) is 0 Å². The predicted molar refractivity (Wildman–Crippen MR) is 64.0 cm³/mol. The molecule has 0 bridgehead atoms. The predicted octanol–water partition coefficient (Wildman–Crippen LogP) is -1.91. The Morgan fingerprint density at radius 1 is 0.562 bits per heavy atom. The Hall–Kier alpha value is -0.625. The molecule has 0 aromatic heterocycles. The molecule has 0 aliphatic carbocycles. The van der Waals surface area contributed by atoms with E-state index in [0.29, 0.717) is 0 Å². The maximum Gasteiger partial charge on any atom is 1.00 e. The van der Waals surface area contributed by atoms with Crippen molar-refractivity contribution in [2.75, 3.05) is 0 Å². The first-order valence-electron chi connectivity index (χ1n) is 4.73. The zero-order chi connectivity index (χ0) is 9.64. The minimum atomic E-state index is 0. The molecule has 0 atom stereocenters. The summed E-state index contributed by atoms with van der Waals surface area (Å²) in [6.07, 6.45) is 4.24. The summed E-state index contributed by atoms with van der Waals surface area (Å²) in [4.78, 5) is 0. The van der Waals surface area contributed by atoms with Gasteiger partial charge in [0.15, 0.2) is 0 Å². The molecule has 0 fully saturated rings. The van der Waals surface area contributed by atoms with Crippen molar-refractivity contribution in [3.8, 4) is 0 Å². The molecular weight excluding hydrogens is 182 g/mol. The third-order valence-electron chi connectivity index (χ3n) is 2.07. The molecule has 0 aliphatic heterocycles. The molecule has 72 valence electrons. The molecule has 0 spiro atoms. The zero-order valence-electron chi connectivity index (χ0n) is 11.9. The normalized spacial score (nSPS) is 9.25. The van der Waals surface area contributed by atoms with E-state index in [1.807, 2.05) is 36.4 Å². The molecule has 2 aromatic carbocycles. The zero-order valence-corrected chi connectivity index (χ0v) is 9.93. The van der Waals surface area contributed by atoms with Crippen LogP contribution in [0.4, 0.5) is 0 Å². The second-order valence-corrected chi connectivity index (χ2v) is 3.15. The molecular formula is C14H14Li2. The standard InChI is InChI=1S/C14H12.2Li.2H/c1-3-7-13(8-4-1)11-12-14-9-5-2-6-10-14;;;;/h1-12H;;;;/q;2*+1;2*-1/b12-11+;;;;. The Bertz CT molecular complexity index is 375. The molecule has 0 unspecified atom stereocenters. The van der Waals surface area contributed by atoms with Gasteiger partial charge in [0.2, 0.25) is 0 Å². The number of hydrogen-bond acceptors (Lipinski definition) is 0. The van der Waals surface area contributed by atoms with Gasteiger partial charge in [-0.1, -0.05) is 72.8 Å². The molecule has 0 saturated carbocycles. The van der Waals surface area contributed by atoms with Crippen LogP contribution in [0.3, 0.4) is 0 Å². The third kappa shape index (κ3) is 4.93. The van der Waals surface area contributed by atoms with E-state index in [0.717, 1.165) is 0 Å². The third-order valence-corrected chi connectivity index (χ3v) is 2.07. The Balaban J connectivity index is -0.000000562. The molecule has 0 aliphatic rings. The number of hydrogen-bond donors (Lipinski definition) is 0. The average Bonchev–Trinajstić information content (AvgIpc) is 2.29. The molecule has 0 amide bonds. The molecule has 16 heavy (non-hydrogen) atoms. The van der Waals surface area contributed by atoms with Gasteiger partial charge in [-0.2, -0.15) is 0 Å². The van der Waals surface area contributed by atoms with Crippen LogP contribution < -0.4 is 37.7 Å². The van der Waals surface area contributed by atoms with E-state index >= 15 is 0 Å². The molecule has 0 nitrogen and oxygen atoms in total. The molecule has 2 heteroatoms. The summed E-state index contributed by atoms with van der Waals surface area (Å²) in [7, 11) is 0. The summed E-state index contributed by atoms with van der Waals surface area (Å²) >= 11 is 0. The Morgan fingerprint density at radius 2 is 0.875 bits per heavy atom. The van der Waals surface area contributed by atoms with Crippen LogP contribution in [0.1, 0.15) is 14.0 Å². The fraction of sp³-hybridized carbons (Fsp3) is 0. The maximum atomic E-state index is 2.12. The van der Waals surface area contributed by atoms with Crippen LogP contribution in [0.15, 0.2) is 60.7 Å². The van der Waals surface area contributed by atoms with Crippen molar-refractivity contribution < 1.29 is 40.6 Å². The van der Waals surface area contributed by atoms with Gasteiger partial charge in [0, 0.05) is 0 Å². The fourth-order valence-electron chi connectivity index (χ4n) is 1.32. The first-order chi connectivity index (χ1) is 6.95. The van der Waals surface area contributed by atoms with E-state index in [2.05, 4.69) is 36.4 Å². The van der Waals surface area contributed by atoms with Crippen molar-refractivity contribution in [3.05, 3.63) is 71.8 Å². The van der Waals surface area contributed by atoms with Crippen molar-refractivity contribution in [2.24, 2.45) is 0 Å². The van der Waals surface area contributed by atoms with Crippen molar-refractivity contribution in [3.63, 3.8) is 0 Å². The van der Waals surface area contributed by atoms with Crippen LogP contribution in [0.5, 0.6) is 0 Å². The van der Waals surface area contributed by atoms with E-state index in [4.69, 9.17) is 0 Å². The smallest absolute Gasteiger partial charge is 1.00 e. The molecule has 0 radical (unpaired) electrons. The maximum absolute atomic E-state index is 2.12. The topological polar surface area (TPSA) is 0 Å². The van der Waals surface area contributed by atoms with Gasteiger partial charge in [-0.15, -0.1) is 0 Å². The molecule has 0 saturated heterocycles. The first kappa shape index (κ1) is 15.4. The van der Waals surface area contributed by atoms with E-state index in [9.17, 15) is 0 Å². The van der Waals surface area contributed by atoms with E-state index < -0.39 is 0 Å². The van der Waals surface area contributed by atoms with Gasteiger partial charge in [0.1, 0.15) is 0 Å². The monoisotopic (exact) mass is 196 g/mol. The van der Waals surface area contributed by atoms with E-state index in [1.54, 1.807) is 0 Å². The average molecular weight is 196 g/mol. The molecule has 2 aromatic rings. The minimum absolute atomic E-state index is 0. The van der Waals surface area contributed by atoms with E-state index in [1.165, 1.54) is 11.1 Å². The van der Waals surface area contributed by atoms with Gasteiger partial charge in [-0.3, -0.25) is 0 Å². The Morgan fingerprint density at radius 3 is 1.19 bits per heavy atom. The van der Waals surface area contributed by atoms with Gasteiger partial charge >= 0.3 is 37.7 Å². The van der Waals surface area contributed by atoms with Gasteiger partial charge < -0.3 is 2.85 Å². The van der Waals surface area contributed by atoms with Crippen molar-refractivity contribution >= 4 is 12.2 Å². The van der Waals surface area contributed by atoms with Gasteiger partial charge in [-0.25, -0.2) is 0 Å². The van der Waals surface area contributed by atoms with E-state index in [-0.39, 0.29) is 40.6 Å². The van der Waals surface area contributed by atoms with Crippen LogP contribution in [0.25, 0.3) is 12.2 Å². The van der Waals surface area contributed by atoms with Crippen molar-refractivity contribution in [1.82, 2.24) is 0 Å². The Labute approximate surface area is 124 Å². The van der Waals surface area contributed by atoms with Crippen LogP contribution >= 0.6 is 0 Å². The summed E-state index contributed by atoms with van der Waals surface area (Å²) in [5, 5.41) is 0. The quantitative estimate of drug-likeness (QED) is 0.388. The molecule has 0 heterocycles. The van der Waals surface area contributed by atoms with Crippen molar-refractivity contribution in [2.45, 2.75) is 0 Å². The second kappa shape index (κ2) is 8.52. The molecule has 2 rings (SSSR count). The van der Waals surface area contributed by atoms with Crippen LogP contribution in [0, 0.1) is 0 Å². The number of rotatable bonds is 2. The van der Waals surface area contributed by atoms with Crippen LogP contribution in [-0.2, 0) is 0 Å².